The van der Waals surface area contributed by atoms with Crippen molar-refractivity contribution in [2.75, 3.05) is 0 Å². The van der Waals surface area contributed by atoms with Crippen molar-refractivity contribution >= 4 is 28.2 Å². The second-order valence-electron chi connectivity index (χ2n) is 4.54. The van der Waals surface area contributed by atoms with Gasteiger partial charge in [-0.15, -0.1) is 0 Å². The van der Waals surface area contributed by atoms with E-state index in [9.17, 15) is 10.1 Å². The largest absolute Gasteiger partial charge is 0.343 e. The molecule has 2 aromatic carbocycles. The van der Waals surface area contributed by atoms with Gasteiger partial charge in [0.05, 0.1) is 4.92 Å². The molecule has 4 nitrogen and oxygen atoms in total. The Labute approximate surface area is 120 Å². The number of rotatable bonds is 3. The molecule has 0 aliphatic heterocycles. The lowest BCUT2D eigenvalue weighted by molar-refractivity contribution is -0.384. The quantitative estimate of drug-likeness (QED) is 0.534. The highest BCUT2D eigenvalue weighted by atomic mass is 35.5. The predicted octanol–water partition coefficient (Wildman–Crippen LogP) is 4.25. The van der Waals surface area contributed by atoms with E-state index >= 15 is 0 Å². The smallest absolute Gasteiger partial charge is 0.269 e. The van der Waals surface area contributed by atoms with Crippen molar-refractivity contribution < 1.29 is 4.92 Å². The van der Waals surface area contributed by atoms with E-state index in [2.05, 4.69) is 4.57 Å². The van der Waals surface area contributed by atoms with Gasteiger partial charge in [-0.1, -0.05) is 29.8 Å². The third-order valence-corrected chi connectivity index (χ3v) is 3.59. The molecule has 0 aliphatic rings. The fourth-order valence-corrected chi connectivity index (χ4v) is 2.48. The summed E-state index contributed by atoms with van der Waals surface area (Å²) in [7, 11) is 0. The van der Waals surface area contributed by atoms with E-state index in [-0.39, 0.29) is 5.69 Å². The Morgan fingerprint density at radius 3 is 2.55 bits per heavy atom. The Morgan fingerprint density at radius 1 is 1.10 bits per heavy atom. The summed E-state index contributed by atoms with van der Waals surface area (Å²) < 4.78 is 2.07. The van der Waals surface area contributed by atoms with Crippen LogP contribution in [-0.2, 0) is 6.54 Å². The van der Waals surface area contributed by atoms with E-state index in [1.165, 1.54) is 12.1 Å². The monoisotopic (exact) mass is 286 g/mol. The topological polar surface area (TPSA) is 48.1 Å². The Bertz CT molecular complexity index is 778. The summed E-state index contributed by atoms with van der Waals surface area (Å²) >= 11 is 6.14. The first-order chi connectivity index (χ1) is 9.65. The molecule has 0 saturated carbocycles. The van der Waals surface area contributed by atoms with Crippen LogP contribution in [0, 0.1) is 10.1 Å². The normalized spacial score (nSPS) is 10.8. The molecule has 1 heterocycles. The summed E-state index contributed by atoms with van der Waals surface area (Å²) in [4.78, 5) is 10.2. The first kappa shape index (κ1) is 12.7. The lowest BCUT2D eigenvalue weighted by atomic mass is 10.2. The maximum atomic E-state index is 10.6. The summed E-state index contributed by atoms with van der Waals surface area (Å²) in [6, 6.07) is 14.3. The van der Waals surface area contributed by atoms with Gasteiger partial charge in [0.25, 0.3) is 5.69 Å². The SMILES string of the molecule is O=[N+]([O-])c1ccc(Cn2ccc3c(Cl)cccc32)cc1. The number of fused-ring (bicyclic) bond motifs is 1. The van der Waals surface area contributed by atoms with Gasteiger partial charge in [-0.2, -0.15) is 0 Å². The summed E-state index contributed by atoms with van der Waals surface area (Å²) in [5.41, 5.74) is 2.16. The Kier molecular flexibility index (Phi) is 3.16. The van der Waals surface area contributed by atoms with E-state index in [1.807, 2.05) is 30.5 Å². The van der Waals surface area contributed by atoms with Gasteiger partial charge < -0.3 is 4.57 Å². The van der Waals surface area contributed by atoms with Crippen molar-refractivity contribution in [2.45, 2.75) is 6.54 Å². The van der Waals surface area contributed by atoms with Crippen molar-refractivity contribution in [1.29, 1.82) is 0 Å². The van der Waals surface area contributed by atoms with E-state index < -0.39 is 4.92 Å². The average Bonchev–Trinajstić information content (AvgIpc) is 2.84. The Morgan fingerprint density at radius 2 is 1.85 bits per heavy atom. The van der Waals surface area contributed by atoms with Gasteiger partial charge in [0.2, 0.25) is 0 Å². The number of nitro groups is 1. The second-order valence-corrected chi connectivity index (χ2v) is 4.95. The lowest BCUT2D eigenvalue weighted by Gasteiger charge is -2.06. The second kappa shape index (κ2) is 4.98. The predicted molar refractivity (Wildman–Crippen MR) is 79.1 cm³/mol. The molecule has 0 fully saturated rings. The van der Waals surface area contributed by atoms with Gasteiger partial charge in [0, 0.05) is 40.8 Å². The minimum atomic E-state index is -0.394. The highest BCUT2D eigenvalue weighted by Crippen LogP contribution is 2.25. The van der Waals surface area contributed by atoms with Gasteiger partial charge in [-0.05, 0) is 23.8 Å². The highest BCUT2D eigenvalue weighted by molar-refractivity contribution is 6.35. The fourth-order valence-electron chi connectivity index (χ4n) is 2.24. The molecule has 0 atom stereocenters. The number of non-ortho nitro benzene ring substituents is 1. The number of halogens is 1. The molecule has 5 heteroatoms. The van der Waals surface area contributed by atoms with Crippen LogP contribution in [0.1, 0.15) is 5.56 Å². The molecule has 3 rings (SSSR count). The van der Waals surface area contributed by atoms with Crippen LogP contribution in [0.2, 0.25) is 5.02 Å². The fraction of sp³-hybridized carbons (Fsp3) is 0.0667. The third-order valence-electron chi connectivity index (χ3n) is 3.26. The number of hydrogen-bond donors (Lipinski definition) is 0. The number of aromatic nitrogens is 1. The van der Waals surface area contributed by atoms with Crippen LogP contribution < -0.4 is 0 Å². The van der Waals surface area contributed by atoms with Crippen LogP contribution in [0.5, 0.6) is 0 Å². The van der Waals surface area contributed by atoms with Crippen LogP contribution >= 0.6 is 11.6 Å². The number of nitro benzene ring substituents is 1. The molecule has 1 aromatic heterocycles. The highest BCUT2D eigenvalue weighted by Gasteiger charge is 2.07. The molecule has 100 valence electrons. The number of benzene rings is 2. The molecule has 0 N–H and O–H groups in total. The molecule has 0 unspecified atom stereocenters. The molecule has 0 radical (unpaired) electrons. The summed E-state index contributed by atoms with van der Waals surface area (Å²) in [6.07, 6.45) is 1.97. The molecule has 0 aliphatic carbocycles. The van der Waals surface area contributed by atoms with E-state index in [1.54, 1.807) is 12.1 Å². The average molecular weight is 287 g/mol. The van der Waals surface area contributed by atoms with Gasteiger partial charge in [0.15, 0.2) is 0 Å². The molecule has 0 amide bonds. The standard InChI is InChI=1S/C15H11ClN2O2/c16-14-2-1-3-15-13(14)8-9-17(15)10-11-4-6-12(7-5-11)18(19)20/h1-9H,10H2. The summed E-state index contributed by atoms with van der Waals surface area (Å²) in [6.45, 7) is 0.655. The Hall–Kier alpha value is -2.33. The Balaban J connectivity index is 1.93. The number of nitrogens with zero attached hydrogens (tertiary/aromatic N) is 2. The lowest BCUT2D eigenvalue weighted by Crippen LogP contribution is -1.98. The molecule has 20 heavy (non-hydrogen) atoms. The maximum Gasteiger partial charge on any atom is 0.269 e. The molecule has 0 bridgehead atoms. The van der Waals surface area contributed by atoms with Crippen LogP contribution in [0.4, 0.5) is 5.69 Å². The minimum absolute atomic E-state index is 0.106. The van der Waals surface area contributed by atoms with Crippen molar-refractivity contribution in [3.8, 4) is 0 Å². The van der Waals surface area contributed by atoms with Gasteiger partial charge in [-0.3, -0.25) is 10.1 Å². The van der Waals surface area contributed by atoms with Crippen LogP contribution in [-0.4, -0.2) is 9.49 Å². The van der Waals surface area contributed by atoms with Crippen LogP contribution in [0.3, 0.4) is 0 Å². The van der Waals surface area contributed by atoms with E-state index in [0.29, 0.717) is 6.54 Å². The van der Waals surface area contributed by atoms with Crippen LogP contribution in [0.15, 0.2) is 54.7 Å². The zero-order valence-electron chi connectivity index (χ0n) is 10.5. The summed E-state index contributed by atoms with van der Waals surface area (Å²) in [5, 5.41) is 12.4. The summed E-state index contributed by atoms with van der Waals surface area (Å²) in [5.74, 6) is 0. The maximum absolute atomic E-state index is 10.6. The molecule has 3 aromatic rings. The molecule has 0 saturated heterocycles. The molecule has 0 spiro atoms. The zero-order valence-corrected chi connectivity index (χ0v) is 11.2. The molecular weight excluding hydrogens is 276 g/mol. The van der Waals surface area contributed by atoms with E-state index in [4.69, 9.17) is 11.6 Å². The van der Waals surface area contributed by atoms with Gasteiger partial charge in [-0.25, -0.2) is 0 Å². The van der Waals surface area contributed by atoms with Crippen molar-refractivity contribution in [1.82, 2.24) is 4.57 Å². The van der Waals surface area contributed by atoms with Crippen molar-refractivity contribution in [3.05, 3.63) is 75.4 Å². The van der Waals surface area contributed by atoms with Crippen molar-refractivity contribution in [2.24, 2.45) is 0 Å². The van der Waals surface area contributed by atoms with Crippen LogP contribution in [0.25, 0.3) is 10.9 Å². The first-order valence-electron chi connectivity index (χ1n) is 6.12. The van der Waals surface area contributed by atoms with E-state index in [0.717, 1.165) is 21.5 Å². The minimum Gasteiger partial charge on any atom is -0.343 e. The van der Waals surface area contributed by atoms with Gasteiger partial charge in [0.1, 0.15) is 0 Å². The number of hydrogen-bond acceptors (Lipinski definition) is 2. The van der Waals surface area contributed by atoms with Gasteiger partial charge >= 0.3 is 0 Å². The third kappa shape index (κ3) is 2.26. The first-order valence-corrected chi connectivity index (χ1v) is 6.49. The van der Waals surface area contributed by atoms with Crippen molar-refractivity contribution in [3.63, 3.8) is 0 Å². The zero-order chi connectivity index (χ0) is 14.1. The molecular formula is C15H11ClN2O2.